The summed E-state index contributed by atoms with van der Waals surface area (Å²) in [5.41, 5.74) is 1.55. The Morgan fingerprint density at radius 3 is 2.34 bits per heavy atom. The summed E-state index contributed by atoms with van der Waals surface area (Å²) in [6.45, 7) is 0.600. The molecule has 0 heterocycles. The minimum absolute atomic E-state index is 0.0140. The highest BCUT2D eigenvalue weighted by molar-refractivity contribution is 7.92. The van der Waals surface area contributed by atoms with Crippen molar-refractivity contribution in [2.45, 2.75) is 10.9 Å². The van der Waals surface area contributed by atoms with Crippen LogP contribution in [-0.2, 0) is 10.0 Å². The quantitative estimate of drug-likeness (QED) is 0.518. The van der Waals surface area contributed by atoms with Gasteiger partial charge < -0.3 is 15.0 Å². The lowest BCUT2D eigenvalue weighted by Crippen LogP contribution is -2.35. The molecular weight excluding hydrogens is 426 g/mol. The van der Waals surface area contributed by atoms with Gasteiger partial charge in [-0.3, -0.25) is 9.52 Å². The van der Waals surface area contributed by atoms with Gasteiger partial charge in [-0.2, -0.15) is 0 Å². The number of sulfonamides is 1. The number of nitrogens with one attached hydrogen (secondary N) is 2. The van der Waals surface area contributed by atoms with Crippen molar-refractivity contribution in [2.24, 2.45) is 0 Å². The predicted molar refractivity (Wildman–Crippen MR) is 125 cm³/mol. The molecule has 0 radical (unpaired) electrons. The zero-order valence-corrected chi connectivity index (χ0v) is 19.1. The molecule has 1 amide bonds. The molecule has 3 aromatic rings. The van der Waals surface area contributed by atoms with E-state index in [-0.39, 0.29) is 22.4 Å². The molecule has 0 bridgehead atoms. The fourth-order valence-electron chi connectivity index (χ4n) is 3.26. The number of nitrogens with zero attached hydrogens (tertiary/aromatic N) is 1. The van der Waals surface area contributed by atoms with Gasteiger partial charge >= 0.3 is 0 Å². The Morgan fingerprint density at radius 2 is 1.66 bits per heavy atom. The van der Waals surface area contributed by atoms with Gasteiger partial charge in [0.1, 0.15) is 5.75 Å². The Kier molecular flexibility index (Phi) is 7.50. The van der Waals surface area contributed by atoms with Gasteiger partial charge in [-0.25, -0.2) is 8.42 Å². The van der Waals surface area contributed by atoms with Crippen molar-refractivity contribution in [3.8, 4) is 5.75 Å². The summed E-state index contributed by atoms with van der Waals surface area (Å²) in [5, 5.41) is 3.01. The van der Waals surface area contributed by atoms with E-state index in [1.165, 1.54) is 19.2 Å². The highest BCUT2D eigenvalue weighted by atomic mass is 32.2. The van der Waals surface area contributed by atoms with Crippen molar-refractivity contribution < 1.29 is 17.9 Å². The second-order valence-electron chi connectivity index (χ2n) is 7.53. The summed E-state index contributed by atoms with van der Waals surface area (Å²) in [6, 6.07) is 22.1. The number of ether oxygens (including phenoxy) is 1. The van der Waals surface area contributed by atoms with E-state index in [1.807, 2.05) is 49.3 Å². The molecule has 0 unspecified atom stereocenters. The average molecular weight is 454 g/mol. The van der Waals surface area contributed by atoms with Crippen molar-refractivity contribution in [2.75, 3.05) is 32.5 Å². The normalized spacial score (nSPS) is 12.2. The average Bonchev–Trinajstić information content (AvgIpc) is 2.79. The van der Waals surface area contributed by atoms with Crippen LogP contribution in [0.15, 0.2) is 83.8 Å². The number of rotatable bonds is 9. The molecule has 3 aromatic carbocycles. The van der Waals surface area contributed by atoms with E-state index in [9.17, 15) is 13.2 Å². The highest BCUT2D eigenvalue weighted by Crippen LogP contribution is 2.26. The molecule has 168 valence electrons. The Hall–Kier alpha value is -3.36. The van der Waals surface area contributed by atoms with Crippen molar-refractivity contribution >= 4 is 21.6 Å². The molecule has 0 fully saturated rings. The minimum atomic E-state index is -3.92. The van der Waals surface area contributed by atoms with Crippen LogP contribution in [0.25, 0.3) is 0 Å². The van der Waals surface area contributed by atoms with Crippen LogP contribution in [0.5, 0.6) is 5.75 Å². The number of benzene rings is 3. The van der Waals surface area contributed by atoms with Crippen molar-refractivity contribution in [3.05, 3.63) is 90.0 Å². The monoisotopic (exact) mass is 453 g/mol. The van der Waals surface area contributed by atoms with Crippen molar-refractivity contribution in [3.63, 3.8) is 0 Å². The van der Waals surface area contributed by atoms with Gasteiger partial charge in [-0.1, -0.05) is 48.5 Å². The number of anilines is 1. The maximum absolute atomic E-state index is 13.0. The van der Waals surface area contributed by atoms with Crippen molar-refractivity contribution in [1.29, 1.82) is 0 Å². The molecule has 0 saturated carbocycles. The summed E-state index contributed by atoms with van der Waals surface area (Å²) in [6.07, 6.45) is 0. The van der Waals surface area contributed by atoms with E-state index < -0.39 is 10.0 Å². The molecule has 0 saturated heterocycles. The molecule has 8 heteroatoms. The lowest BCUT2D eigenvalue weighted by molar-refractivity contribution is 0.0929. The maximum atomic E-state index is 13.0. The molecule has 0 aliphatic heterocycles. The molecule has 7 nitrogen and oxygen atoms in total. The highest BCUT2D eigenvalue weighted by Gasteiger charge is 2.20. The summed E-state index contributed by atoms with van der Waals surface area (Å²) >= 11 is 0. The number of amides is 1. The van der Waals surface area contributed by atoms with Crippen LogP contribution in [-0.4, -0.2) is 47.0 Å². The molecule has 3 rings (SSSR count). The topological polar surface area (TPSA) is 87.7 Å². The Labute approximate surface area is 189 Å². The van der Waals surface area contributed by atoms with E-state index in [0.29, 0.717) is 18.0 Å². The first-order valence-electron chi connectivity index (χ1n) is 10.1. The van der Waals surface area contributed by atoms with Gasteiger partial charge in [-0.05, 0) is 50.0 Å². The zero-order valence-electron chi connectivity index (χ0n) is 18.3. The van der Waals surface area contributed by atoms with Crippen LogP contribution in [0.3, 0.4) is 0 Å². The summed E-state index contributed by atoms with van der Waals surface area (Å²) < 4.78 is 33.6. The number of hydrogen-bond acceptors (Lipinski definition) is 5. The first-order valence-corrected chi connectivity index (χ1v) is 11.5. The third-order valence-corrected chi connectivity index (χ3v) is 6.18. The number of likely N-dealkylation sites (N-methyl/N-ethyl adjacent to an activating group) is 1. The van der Waals surface area contributed by atoms with E-state index >= 15 is 0 Å². The molecule has 0 aromatic heterocycles. The van der Waals surface area contributed by atoms with Crippen LogP contribution < -0.4 is 14.8 Å². The summed E-state index contributed by atoms with van der Waals surface area (Å²) in [5.74, 6) is 0.0504. The van der Waals surface area contributed by atoms with E-state index in [2.05, 4.69) is 10.0 Å². The van der Waals surface area contributed by atoms with Gasteiger partial charge in [0.15, 0.2) is 0 Å². The predicted octanol–water partition coefficient (Wildman–Crippen LogP) is 3.53. The Morgan fingerprint density at radius 1 is 0.969 bits per heavy atom. The van der Waals surface area contributed by atoms with E-state index in [1.54, 1.807) is 36.4 Å². The SMILES string of the molecule is COc1ccccc1NS(=O)(=O)c1cccc(C(=O)N[C@@H](CN(C)C)c2ccccc2)c1. The van der Waals surface area contributed by atoms with Crippen LogP contribution in [0, 0.1) is 0 Å². The molecule has 2 N–H and O–H groups in total. The van der Waals surface area contributed by atoms with Crippen LogP contribution in [0.2, 0.25) is 0 Å². The number of para-hydroxylation sites is 2. The number of methoxy groups -OCH3 is 1. The van der Waals surface area contributed by atoms with Gasteiger partial charge in [0.2, 0.25) is 0 Å². The first kappa shape index (κ1) is 23.3. The second kappa shape index (κ2) is 10.3. The molecule has 1 atom stereocenters. The smallest absolute Gasteiger partial charge is 0.262 e. The third-order valence-electron chi connectivity index (χ3n) is 4.81. The largest absolute Gasteiger partial charge is 0.495 e. The number of carbonyl (C=O) groups excluding carboxylic acids is 1. The lowest BCUT2D eigenvalue weighted by atomic mass is 10.1. The standard InChI is InChI=1S/C24H27N3O4S/c1-27(2)17-22(18-10-5-4-6-11-18)25-24(28)19-12-9-13-20(16-19)32(29,30)26-21-14-7-8-15-23(21)31-3/h4-16,22,26H,17H2,1-3H3,(H,25,28)/t22-/m0/s1. The maximum Gasteiger partial charge on any atom is 0.262 e. The van der Waals surface area contributed by atoms with E-state index in [4.69, 9.17) is 4.74 Å². The molecular formula is C24H27N3O4S. The van der Waals surface area contributed by atoms with E-state index in [0.717, 1.165) is 5.56 Å². The van der Waals surface area contributed by atoms with Gasteiger partial charge in [-0.15, -0.1) is 0 Å². The lowest BCUT2D eigenvalue weighted by Gasteiger charge is -2.23. The summed E-state index contributed by atoms with van der Waals surface area (Å²) in [4.78, 5) is 15.0. The zero-order chi connectivity index (χ0) is 23.1. The van der Waals surface area contributed by atoms with Crippen LogP contribution >= 0.6 is 0 Å². The molecule has 0 aliphatic carbocycles. The van der Waals surface area contributed by atoms with Crippen molar-refractivity contribution in [1.82, 2.24) is 10.2 Å². The van der Waals surface area contributed by atoms with Gasteiger partial charge in [0.25, 0.3) is 15.9 Å². The molecule has 32 heavy (non-hydrogen) atoms. The summed E-state index contributed by atoms with van der Waals surface area (Å²) in [7, 11) is 1.41. The number of carbonyl (C=O) groups is 1. The van der Waals surface area contributed by atoms with Crippen LogP contribution in [0.4, 0.5) is 5.69 Å². The number of hydrogen-bond donors (Lipinski definition) is 2. The molecule has 0 aliphatic rings. The second-order valence-corrected chi connectivity index (χ2v) is 9.21. The fraction of sp³-hybridized carbons (Fsp3) is 0.208. The minimum Gasteiger partial charge on any atom is -0.495 e. The van der Waals surface area contributed by atoms with Gasteiger partial charge in [0.05, 0.1) is 23.7 Å². The Bertz CT molecular complexity index is 1160. The molecule has 0 spiro atoms. The van der Waals surface area contributed by atoms with Crippen LogP contribution in [0.1, 0.15) is 22.0 Å². The fourth-order valence-corrected chi connectivity index (χ4v) is 4.38. The van der Waals surface area contributed by atoms with Gasteiger partial charge in [0, 0.05) is 12.1 Å². The first-order chi connectivity index (χ1) is 15.3. The third kappa shape index (κ3) is 5.87. The Balaban J connectivity index is 1.83.